The number of anilines is 2. The van der Waals surface area contributed by atoms with Crippen LogP contribution < -0.4 is 10.6 Å². The normalized spacial score (nSPS) is 17.2. The van der Waals surface area contributed by atoms with Crippen LogP contribution in [0.25, 0.3) is 0 Å². The summed E-state index contributed by atoms with van der Waals surface area (Å²) >= 11 is 0. The van der Waals surface area contributed by atoms with E-state index in [2.05, 4.69) is 4.98 Å². The van der Waals surface area contributed by atoms with Crippen LogP contribution in [0.2, 0.25) is 0 Å². The number of fused-ring (bicyclic) bond motifs is 1. The molecule has 1 aromatic carbocycles. The van der Waals surface area contributed by atoms with E-state index >= 15 is 0 Å². The Balaban J connectivity index is 2.03. The molecule has 0 aliphatic carbocycles. The predicted molar refractivity (Wildman–Crippen MR) is 81.0 cm³/mol. The molecule has 0 saturated carbocycles. The molecular weight excluding hydrogens is 339 g/mol. The van der Waals surface area contributed by atoms with E-state index in [0.717, 1.165) is 29.2 Å². The van der Waals surface area contributed by atoms with E-state index in [4.69, 9.17) is 10.5 Å². The van der Waals surface area contributed by atoms with Gasteiger partial charge in [-0.2, -0.15) is 13.2 Å². The lowest BCUT2D eigenvalue weighted by atomic mass is 10.0. The first kappa shape index (κ1) is 16.7. The smallest absolute Gasteiger partial charge is 0.416 e. The molecule has 0 bridgehead atoms. The van der Waals surface area contributed by atoms with Crippen molar-refractivity contribution in [2.45, 2.75) is 18.7 Å². The van der Waals surface area contributed by atoms with Crippen molar-refractivity contribution in [3.8, 4) is 0 Å². The van der Waals surface area contributed by atoms with Crippen LogP contribution in [0.1, 0.15) is 11.1 Å². The van der Waals surface area contributed by atoms with E-state index in [1.165, 1.54) is 6.20 Å². The molecule has 3 rings (SSSR count). The van der Waals surface area contributed by atoms with E-state index in [9.17, 15) is 22.8 Å². The summed E-state index contributed by atoms with van der Waals surface area (Å²) in [5, 5.41) is 0. The molecule has 1 aliphatic rings. The van der Waals surface area contributed by atoms with Gasteiger partial charge in [-0.1, -0.05) is 6.07 Å². The van der Waals surface area contributed by atoms with Gasteiger partial charge < -0.3 is 10.5 Å². The largest absolute Gasteiger partial charge is 0.436 e. The van der Waals surface area contributed by atoms with Crippen LogP contribution >= 0.6 is 0 Å². The van der Waals surface area contributed by atoms with Crippen LogP contribution in [-0.4, -0.2) is 23.1 Å². The number of nitrogens with zero attached hydrogens (tertiary/aromatic N) is 2. The molecule has 9 heteroatoms. The highest BCUT2D eigenvalue weighted by Gasteiger charge is 2.37. The van der Waals surface area contributed by atoms with E-state index < -0.39 is 29.8 Å². The Morgan fingerprint density at radius 1 is 1.24 bits per heavy atom. The van der Waals surface area contributed by atoms with Crippen LogP contribution in [0.3, 0.4) is 0 Å². The van der Waals surface area contributed by atoms with E-state index in [-0.39, 0.29) is 17.9 Å². The Kier molecular flexibility index (Phi) is 4.07. The molecule has 2 heterocycles. The Morgan fingerprint density at radius 3 is 2.52 bits per heavy atom. The van der Waals surface area contributed by atoms with Crippen molar-refractivity contribution in [3.05, 3.63) is 53.7 Å². The molecule has 0 fully saturated rings. The molecule has 0 saturated heterocycles. The molecule has 6 nitrogen and oxygen atoms in total. The van der Waals surface area contributed by atoms with Crippen molar-refractivity contribution in [1.29, 1.82) is 0 Å². The van der Waals surface area contributed by atoms with Gasteiger partial charge in [0.05, 0.1) is 11.3 Å². The van der Waals surface area contributed by atoms with Gasteiger partial charge in [-0.15, -0.1) is 0 Å². The summed E-state index contributed by atoms with van der Waals surface area (Å²) in [5.74, 6) is -0.360. The monoisotopic (exact) mass is 351 g/mol. The van der Waals surface area contributed by atoms with Gasteiger partial charge in [0.2, 0.25) is 0 Å². The summed E-state index contributed by atoms with van der Waals surface area (Å²) in [6.45, 7) is 0. The summed E-state index contributed by atoms with van der Waals surface area (Å²) in [5.41, 5.74) is 4.93. The summed E-state index contributed by atoms with van der Waals surface area (Å²) in [6.07, 6.45) is -5.23. The lowest BCUT2D eigenvalue weighted by Gasteiger charge is -2.32. The molecule has 2 amide bonds. The fourth-order valence-electron chi connectivity index (χ4n) is 2.61. The number of rotatable bonds is 2. The molecule has 25 heavy (non-hydrogen) atoms. The zero-order chi connectivity index (χ0) is 18.2. The van der Waals surface area contributed by atoms with E-state index in [1.807, 2.05) is 0 Å². The summed E-state index contributed by atoms with van der Waals surface area (Å²) in [4.78, 5) is 28.9. The van der Waals surface area contributed by atoms with Crippen molar-refractivity contribution in [2.24, 2.45) is 5.73 Å². The lowest BCUT2D eigenvalue weighted by Crippen LogP contribution is -2.45. The quantitative estimate of drug-likeness (QED) is 0.901. The number of halogens is 3. The minimum absolute atomic E-state index is 0.0854. The number of nitrogens with two attached hydrogens (primary N) is 1. The number of carbonyl (C=O) groups excluding carboxylic acids is 2. The molecule has 2 aromatic rings. The molecule has 2 N–H and O–H groups in total. The number of ether oxygens (including phenoxy) is 1. The number of primary amides is 1. The number of hydrogen-bond acceptors (Lipinski definition) is 4. The highest BCUT2D eigenvalue weighted by atomic mass is 19.4. The SMILES string of the molecule is NC(=O)OC1Cc2cccnc2N(c2ccc(C(F)(F)F)cc2)C1=O. The predicted octanol–water partition coefficient (Wildman–Crippen LogP) is 2.79. The first-order valence-corrected chi connectivity index (χ1v) is 7.18. The number of aromatic nitrogens is 1. The standard InChI is InChI=1S/C16H12F3N3O3/c17-16(18,19)10-3-5-11(6-4-10)22-13-9(2-1-7-21-13)8-12(14(22)23)25-15(20)24/h1-7,12H,8H2,(H2,20,24). The van der Waals surface area contributed by atoms with Crippen molar-refractivity contribution in [3.63, 3.8) is 0 Å². The number of pyridine rings is 1. The highest BCUT2D eigenvalue weighted by molar-refractivity contribution is 6.05. The molecular formula is C16H12F3N3O3. The first-order valence-electron chi connectivity index (χ1n) is 7.18. The minimum atomic E-state index is -4.49. The Labute approximate surface area is 140 Å². The van der Waals surface area contributed by atoms with Gasteiger partial charge in [-0.3, -0.25) is 9.69 Å². The van der Waals surface area contributed by atoms with Crippen molar-refractivity contribution in [1.82, 2.24) is 4.98 Å². The van der Waals surface area contributed by atoms with E-state index in [0.29, 0.717) is 5.56 Å². The maximum atomic E-state index is 12.7. The molecule has 1 aliphatic heterocycles. The second-order valence-electron chi connectivity index (χ2n) is 5.33. The zero-order valence-corrected chi connectivity index (χ0v) is 12.7. The third-order valence-electron chi connectivity index (χ3n) is 3.69. The maximum Gasteiger partial charge on any atom is 0.416 e. The zero-order valence-electron chi connectivity index (χ0n) is 12.7. The lowest BCUT2D eigenvalue weighted by molar-refractivity contribution is -0.137. The van der Waals surface area contributed by atoms with Crippen molar-refractivity contribution < 1.29 is 27.5 Å². The van der Waals surface area contributed by atoms with Gasteiger partial charge in [0.25, 0.3) is 5.91 Å². The fourth-order valence-corrected chi connectivity index (χ4v) is 2.61. The molecule has 1 atom stereocenters. The Morgan fingerprint density at radius 2 is 1.92 bits per heavy atom. The third kappa shape index (κ3) is 3.25. The number of hydrogen-bond donors (Lipinski definition) is 1. The van der Waals surface area contributed by atoms with Gasteiger partial charge in [-0.05, 0) is 35.9 Å². The first-order chi connectivity index (χ1) is 11.8. The van der Waals surface area contributed by atoms with Gasteiger partial charge in [-0.25, -0.2) is 9.78 Å². The van der Waals surface area contributed by atoms with E-state index in [1.54, 1.807) is 12.1 Å². The Bertz CT molecular complexity index is 821. The van der Waals surface area contributed by atoms with Crippen molar-refractivity contribution in [2.75, 3.05) is 4.90 Å². The van der Waals surface area contributed by atoms with Gasteiger partial charge in [0.15, 0.2) is 6.10 Å². The third-order valence-corrected chi connectivity index (χ3v) is 3.69. The molecule has 0 spiro atoms. The second-order valence-corrected chi connectivity index (χ2v) is 5.33. The summed E-state index contributed by atoms with van der Waals surface area (Å²) in [6, 6.07) is 7.37. The summed E-state index contributed by atoms with van der Waals surface area (Å²) < 4.78 is 43.0. The average molecular weight is 351 g/mol. The minimum Gasteiger partial charge on any atom is -0.436 e. The van der Waals surface area contributed by atoms with Crippen LogP contribution in [0.4, 0.5) is 29.5 Å². The maximum absolute atomic E-state index is 12.7. The number of alkyl halides is 3. The number of benzene rings is 1. The topological polar surface area (TPSA) is 85.5 Å². The number of amides is 2. The number of carbonyl (C=O) groups is 2. The van der Waals surface area contributed by atoms with Gasteiger partial charge >= 0.3 is 12.3 Å². The molecule has 130 valence electrons. The van der Waals surface area contributed by atoms with Crippen LogP contribution in [0, 0.1) is 0 Å². The molecule has 1 aromatic heterocycles. The highest BCUT2D eigenvalue weighted by Crippen LogP contribution is 2.35. The average Bonchev–Trinajstić information content (AvgIpc) is 2.54. The molecule has 0 radical (unpaired) electrons. The second kappa shape index (κ2) is 6.08. The van der Waals surface area contributed by atoms with Crippen molar-refractivity contribution >= 4 is 23.5 Å². The van der Waals surface area contributed by atoms with Crippen LogP contribution in [0.5, 0.6) is 0 Å². The van der Waals surface area contributed by atoms with Gasteiger partial charge in [0, 0.05) is 12.6 Å². The van der Waals surface area contributed by atoms with Gasteiger partial charge in [0.1, 0.15) is 5.82 Å². The molecule has 1 unspecified atom stereocenters. The van der Waals surface area contributed by atoms with Crippen LogP contribution in [-0.2, 0) is 22.1 Å². The Hall–Kier alpha value is -3.10. The summed E-state index contributed by atoms with van der Waals surface area (Å²) in [7, 11) is 0. The van der Waals surface area contributed by atoms with Crippen LogP contribution in [0.15, 0.2) is 42.6 Å². The fraction of sp³-hybridized carbons (Fsp3) is 0.188.